The van der Waals surface area contributed by atoms with Crippen molar-refractivity contribution in [1.82, 2.24) is 4.90 Å². The van der Waals surface area contributed by atoms with Crippen molar-refractivity contribution in [3.63, 3.8) is 0 Å². The molecule has 0 atom stereocenters. The fourth-order valence-corrected chi connectivity index (χ4v) is 3.81. The van der Waals surface area contributed by atoms with Gasteiger partial charge in [-0.15, -0.1) is 0 Å². The van der Waals surface area contributed by atoms with E-state index in [-0.39, 0.29) is 5.91 Å². The number of carbonyl (C=O) groups excluding carboxylic acids is 1. The number of carbonyl (C=O) groups is 1. The molecular formula is C27H27NO4. The first-order valence-corrected chi connectivity index (χ1v) is 10.7. The summed E-state index contributed by atoms with van der Waals surface area (Å²) in [5.74, 6) is 1.25. The van der Waals surface area contributed by atoms with E-state index in [1.54, 1.807) is 20.3 Å². The Morgan fingerprint density at radius 2 is 1.44 bits per heavy atom. The zero-order chi connectivity index (χ0) is 22.3. The van der Waals surface area contributed by atoms with E-state index in [1.807, 2.05) is 41.3 Å². The van der Waals surface area contributed by atoms with Gasteiger partial charge < -0.3 is 19.1 Å². The zero-order valence-corrected chi connectivity index (χ0v) is 18.4. The average molecular weight is 430 g/mol. The van der Waals surface area contributed by atoms with Crippen LogP contribution in [0.5, 0.6) is 11.5 Å². The van der Waals surface area contributed by atoms with Crippen molar-refractivity contribution in [3.05, 3.63) is 90.0 Å². The van der Waals surface area contributed by atoms with Gasteiger partial charge in [0.2, 0.25) is 5.91 Å². The number of amides is 1. The van der Waals surface area contributed by atoms with E-state index in [0.717, 1.165) is 27.8 Å². The van der Waals surface area contributed by atoms with Gasteiger partial charge in [-0.3, -0.25) is 4.79 Å². The molecule has 1 amide bonds. The predicted molar refractivity (Wildman–Crippen MR) is 126 cm³/mol. The third kappa shape index (κ3) is 4.84. The third-order valence-electron chi connectivity index (χ3n) is 5.59. The van der Waals surface area contributed by atoms with Gasteiger partial charge >= 0.3 is 0 Å². The van der Waals surface area contributed by atoms with Crippen LogP contribution in [0.15, 0.2) is 78.9 Å². The molecule has 0 saturated carbocycles. The summed E-state index contributed by atoms with van der Waals surface area (Å²) in [7, 11) is 3.22. The van der Waals surface area contributed by atoms with Crippen LogP contribution in [0.2, 0.25) is 0 Å². The molecule has 164 valence electrons. The first-order chi connectivity index (χ1) is 15.7. The van der Waals surface area contributed by atoms with Crippen LogP contribution in [0.25, 0.3) is 16.7 Å². The highest BCUT2D eigenvalue weighted by molar-refractivity contribution is 5.99. The number of hydrogen-bond acceptors (Lipinski definition) is 4. The van der Waals surface area contributed by atoms with Crippen molar-refractivity contribution in [1.29, 1.82) is 0 Å². The molecule has 3 aromatic rings. The Morgan fingerprint density at radius 3 is 2.09 bits per heavy atom. The molecule has 3 aromatic carbocycles. The summed E-state index contributed by atoms with van der Waals surface area (Å²) in [6.45, 7) is 2.33. The molecule has 0 unspecified atom stereocenters. The Bertz CT molecular complexity index is 1080. The van der Waals surface area contributed by atoms with Crippen molar-refractivity contribution >= 4 is 11.5 Å². The van der Waals surface area contributed by atoms with Crippen LogP contribution in [0, 0.1) is 0 Å². The lowest BCUT2D eigenvalue weighted by Gasteiger charge is -2.26. The van der Waals surface area contributed by atoms with E-state index in [1.165, 1.54) is 0 Å². The molecule has 0 N–H and O–H groups in total. The summed E-state index contributed by atoms with van der Waals surface area (Å²) < 4.78 is 16.3. The van der Waals surface area contributed by atoms with Crippen molar-refractivity contribution in [3.8, 4) is 22.6 Å². The Morgan fingerprint density at radius 1 is 0.812 bits per heavy atom. The number of ether oxygens (including phenoxy) is 3. The number of morpholine rings is 1. The molecule has 4 rings (SSSR count). The van der Waals surface area contributed by atoms with Crippen LogP contribution in [-0.2, 0) is 9.53 Å². The van der Waals surface area contributed by atoms with Gasteiger partial charge in [-0.25, -0.2) is 0 Å². The zero-order valence-electron chi connectivity index (χ0n) is 18.4. The maximum Gasteiger partial charge on any atom is 0.247 e. The Hall–Kier alpha value is -3.57. The first-order valence-electron chi connectivity index (χ1n) is 10.7. The Balaban J connectivity index is 1.73. The quantitative estimate of drug-likeness (QED) is 0.535. The minimum atomic E-state index is -0.0229. The normalized spacial score (nSPS) is 14.2. The lowest BCUT2D eigenvalue weighted by Crippen LogP contribution is -2.39. The van der Waals surface area contributed by atoms with E-state index in [4.69, 9.17) is 14.2 Å². The fraction of sp³-hybridized carbons (Fsp3) is 0.222. The highest BCUT2D eigenvalue weighted by atomic mass is 16.5. The van der Waals surface area contributed by atoms with Gasteiger partial charge in [0, 0.05) is 19.2 Å². The number of rotatable bonds is 6. The monoisotopic (exact) mass is 429 g/mol. The summed E-state index contributed by atoms with van der Waals surface area (Å²) in [5.41, 5.74) is 4.96. The Labute approximate surface area is 188 Å². The van der Waals surface area contributed by atoms with E-state index in [0.29, 0.717) is 37.8 Å². The number of benzene rings is 3. The van der Waals surface area contributed by atoms with E-state index in [9.17, 15) is 4.79 Å². The predicted octanol–water partition coefficient (Wildman–Crippen LogP) is 4.66. The second-order valence-electron chi connectivity index (χ2n) is 7.51. The maximum absolute atomic E-state index is 13.1. The van der Waals surface area contributed by atoms with Gasteiger partial charge in [0.1, 0.15) is 0 Å². The van der Waals surface area contributed by atoms with Gasteiger partial charge in [0.25, 0.3) is 0 Å². The molecule has 32 heavy (non-hydrogen) atoms. The molecule has 1 aliphatic heterocycles. The van der Waals surface area contributed by atoms with Crippen molar-refractivity contribution in [2.75, 3.05) is 40.5 Å². The van der Waals surface area contributed by atoms with E-state index >= 15 is 0 Å². The molecule has 1 aliphatic rings. The Kier molecular flexibility index (Phi) is 6.87. The number of nitrogens with zero attached hydrogens (tertiary/aromatic N) is 1. The molecule has 5 heteroatoms. The molecule has 0 bridgehead atoms. The average Bonchev–Trinajstić information content (AvgIpc) is 2.88. The summed E-state index contributed by atoms with van der Waals surface area (Å²) >= 11 is 0. The minimum absolute atomic E-state index is 0.0229. The minimum Gasteiger partial charge on any atom is -0.493 e. The third-order valence-corrected chi connectivity index (χ3v) is 5.59. The number of methoxy groups -OCH3 is 2. The van der Waals surface area contributed by atoms with Crippen molar-refractivity contribution in [2.24, 2.45) is 0 Å². The standard InChI is InChI=1S/C27H27NO4/c1-30-25-13-12-23(18-26(25)31-2)24(19-27(29)28-14-16-32-17-15-28)22-10-8-21(9-11-22)20-6-4-3-5-7-20/h3-13,18-19H,14-17H2,1-2H3/b24-19+. The lowest BCUT2D eigenvalue weighted by atomic mass is 9.94. The molecule has 0 aromatic heterocycles. The first kappa shape index (κ1) is 21.7. The molecule has 5 nitrogen and oxygen atoms in total. The highest BCUT2D eigenvalue weighted by Gasteiger charge is 2.18. The topological polar surface area (TPSA) is 48.0 Å². The van der Waals surface area contributed by atoms with Gasteiger partial charge in [0.15, 0.2) is 11.5 Å². The van der Waals surface area contributed by atoms with Crippen molar-refractivity contribution < 1.29 is 19.0 Å². The van der Waals surface area contributed by atoms with Crippen LogP contribution in [0.4, 0.5) is 0 Å². The van der Waals surface area contributed by atoms with Gasteiger partial charge in [-0.05, 0) is 40.0 Å². The number of hydrogen-bond donors (Lipinski definition) is 0. The summed E-state index contributed by atoms with van der Waals surface area (Å²) in [6, 6.07) is 24.2. The summed E-state index contributed by atoms with van der Waals surface area (Å²) in [6.07, 6.45) is 1.71. The van der Waals surface area contributed by atoms with Crippen LogP contribution in [-0.4, -0.2) is 51.3 Å². The SMILES string of the molecule is COc1ccc(/C(=C/C(=O)N2CCOCC2)c2ccc(-c3ccccc3)cc2)cc1OC. The highest BCUT2D eigenvalue weighted by Crippen LogP contribution is 2.33. The van der Waals surface area contributed by atoms with E-state index in [2.05, 4.69) is 36.4 Å². The molecule has 1 heterocycles. The second-order valence-corrected chi connectivity index (χ2v) is 7.51. The van der Waals surface area contributed by atoms with Gasteiger partial charge in [-0.2, -0.15) is 0 Å². The van der Waals surface area contributed by atoms with Crippen LogP contribution in [0.1, 0.15) is 11.1 Å². The molecular weight excluding hydrogens is 402 g/mol. The molecule has 0 spiro atoms. The van der Waals surface area contributed by atoms with Gasteiger partial charge in [0.05, 0.1) is 27.4 Å². The smallest absolute Gasteiger partial charge is 0.247 e. The molecule has 1 fully saturated rings. The molecule has 1 saturated heterocycles. The van der Waals surface area contributed by atoms with Crippen LogP contribution < -0.4 is 9.47 Å². The van der Waals surface area contributed by atoms with Crippen molar-refractivity contribution in [2.45, 2.75) is 0 Å². The largest absolute Gasteiger partial charge is 0.493 e. The van der Waals surface area contributed by atoms with Crippen LogP contribution in [0.3, 0.4) is 0 Å². The lowest BCUT2D eigenvalue weighted by molar-refractivity contribution is -0.129. The molecule has 0 radical (unpaired) electrons. The maximum atomic E-state index is 13.1. The summed E-state index contributed by atoms with van der Waals surface area (Å²) in [4.78, 5) is 14.9. The molecule has 0 aliphatic carbocycles. The fourth-order valence-electron chi connectivity index (χ4n) is 3.81. The van der Waals surface area contributed by atoms with E-state index < -0.39 is 0 Å². The van der Waals surface area contributed by atoms with Gasteiger partial charge in [-0.1, -0.05) is 60.7 Å². The summed E-state index contributed by atoms with van der Waals surface area (Å²) in [5, 5.41) is 0. The second kappa shape index (κ2) is 10.2. The van der Waals surface area contributed by atoms with Crippen LogP contribution >= 0.6 is 0 Å².